The topological polar surface area (TPSA) is 46.1 Å². The summed E-state index contributed by atoms with van der Waals surface area (Å²) in [5, 5.41) is 1.95. The Morgan fingerprint density at radius 1 is 1.14 bits per heavy atom. The van der Waals surface area contributed by atoms with Gasteiger partial charge < -0.3 is 4.90 Å². The third kappa shape index (κ3) is 3.14. The van der Waals surface area contributed by atoms with Crippen LogP contribution in [0.1, 0.15) is 16.1 Å². The molecule has 1 amide bonds. The van der Waals surface area contributed by atoms with Crippen LogP contribution in [0.2, 0.25) is 0 Å². The maximum Gasteiger partial charge on any atom is 0.260 e. The van der Waals surface area contributed by atoms with Crippen LogP contribution >= 0.6 is 11.3 Å². The summed E-state index contributed by atoms with van der Waals surface area (Å²) in [6.45, 7) is 0.446. The van der Waals surface area contributed by atoms with Crippen LogP contribution in [0.3, 0.4) is 0 Å². The summed E-state index contributed by atoms with van der Waals surface area (Å²) in [6, 6.07) is 13.1. The molecule has 0 unspecified atom stereocenters. The highest BCUT2D eigenvalue weighted by atomic mass is 32.1. The van der Waals surface area contributed by atoms with Gasteiger partial charge >= 0.3 is 0 Å². The van der Waals surface area contributed by atoms with Gasteiger partial charge in [0.2, 0.25) is 0 Å². The van der Waals surface area contributed by atoms with Crippen molar-refractivity contribution in [1.82, 2.24) is 9.97 Å². The van der Waals surface area contributed by atoms with Crippen LogP contribution in [0.5, 0.6) is 0 Å². The minimum Gasteiger partial charge on any atom is -0.302 e. The Hall–Kier alpha value is -2.53. The third-order valence-corrected chi connectivity index (χ3v) is 3.66. The zero-order valence-corrected chi connectivity index (χ0v) is 12.0. The molecule has 0 saturated carbocycles. The van der Waals surface area contributed by atoms with Crippen LogP contribution in [0.4, 0.5) is 5.69 Å². The number of hydrogen-bond acceptors (Lipinski definition) is 4. The lowest BCUT2D eigenvalue weighted by Gasteiger charge is -2.22. The van der Waals surface area contributed by atoms with Crippen molar-refractivity contribution in [1.29, 1.82) is 0 Å². The number of thiazole rings is 1. The molecule has 0 aliphatic rings. The van der Waals surface area contributed by atoms with E-state index in [0.29, 0.717) is 12.1 Å². The number of amides is 1. The number of rotatable bonds is 4. The first kappa shape index (κ1) is 13.5. The number of anilines is 1. The molecule has 21 heavy (non-hydrogen) atoms. The lowest BCUT2D eigenvalue weighted by atomic mass is 10.2. The summed E-state index contributed by atoms with van der Waals surface area (Å²) < 4.78 is 0. The molecule has 0 saturated heterocycles. The quantitative estimate of drug-likeness (QED) is 0.741. The first-order valence-electron chi connectivity index (χ1n) is 6.48. The SMILES string of the molecule is O=C(c1cccnc1)N(Cc1cscn1)c1ccccc1. The van der Waals surface area contributed by atoms with Crippen molar-refractivity contribution >= 4 is 22.9 Å². The van der Waals surface area contributed by atoms with E-state index in [2.05, 4.69) is 9.97 Å². The highest BCUT2D eigenvalue weighted by Crippen LogP contribution is 2.19. The Kier molecular flexibility index (Phi) is 4.02. The summed E-state index contributed by atoms with van der Waals surface area (Å²) in [7, 11) is 0. The van der Waals surface area contributed by atoms with E-state index in [4.69, 9.17) is 0 Å². The van der Waals surface area contributed by atoms with Crippen molar-refractivity contribution in [2.24, 2.45) is 0 Å². The second kappa shape index (κ2) is 6.28. The number of pyridine rings is 1. The van der Waals surface area contributed by atoms with Gasteiger partial charge in [-0.1, -0.05) is 18.2 Å². The molecule has 0 radical (unpaired) electrons. The highest BCUT2D eigenvalue weighted by molar-refractivity contribution is 7.07. The lowest BCUT2D eigenvalue weighted by molar-refractivity contribution is 0.0984. The first-order chi connectivity index (χ1) is 10.3. The number of carbonyl (C=O) groups is 1. The zero-order chi connectivity index (χ0) is 14.5. The molecule has 104 valence electrons. The lowest BCUT2D eigenvalue weighted by Crippen LogP contribution is -2.30. The number of nitrogens with zero attached hydrogens (tertiary/aromatic N) is 3. The predicted molar refractivity (Wildman–Crippen MR) is 83.3 cm³/mol. The van der Waals surface area contributed by atoms with Gasteiger partial charge in [-0.15, -0.1) is 11.3 Å². The second-order valence-corrected chi connectivity index (χ2v) is 5.17. The molecule has 2 aromatic heterocycles. The third-order valence-electron chi connectivity index (χ3n) is 3.03. The number of aromatic nitrogens is 2. The van der Waals surface area contributed by atoms with Crippen molar-refractivity contribution in [3.05, 3.63) is 77.0 Å². The van der Waals surface area contributed by atoms with Crippen LogP contribution in [-0.2, 0) is 6.54 Å². The van der Waals surface area contributed by atoms with Gasteiger partial charge in [-0.3, -0.25) is 9.78 Å². The van der Waals surface area contributed by atoms with Gasteiger partial charge in [0.05, 0.1) is 23.3 Å². The average molecular weight is 295 g/mol. The molecule has 5 heteroatoms. The van der Waals surface area contributed by atoms with Gasteiger partial charge in [0.1, 0.15) is 0 Å². The molecular weight excluding hydrogens is 282 g/mol. The van der Waals surface area contributed by atoms with Crippen molar-refractivity contribution in [3.63, 3.8) is 0 Å². The Balaban J connectivity index is 1.94. The van der Waals surface area contributed by atoms with Gasteiger partial charge in [0.25, 0.3) is 5.91 Å². The zero-order valence-electron chi connectivity index (χ0n) is 11.2. The van der Waals surface area contributed by atoms with Crippen LogP contribution in [0.25, 0.3) is 0 Å². The second-order valence-electron chi connectivity index (χ2n) is 4.45. The fourth-order valence-corrected chi connectivity index (χ4v) is 2.56. The number of carbonyl (C=O) groups excluding carboxylic acids is 1. The molecule has 1 aromatic carbocycles. The highest BCUT2D eigenvalue weighted by Gasteiger charge is 2.18. The average Bonchev–Trinajstić information content (AvgIpc) is 3.07. The molecule has 3 aromatic rings. The Morgan fingerprint density at radius 3 is 2.67 bits per heavy atom. The molecule has 0 spiro atoms. The van der Waals surface area contributed by atoms with E-state index in [-0.39, 0.29) is 5.91 Å². The van der Waals surface area contributed by atoms with Gasteiger partial charge in [0, 0.05) is 23.5 Å². The molecule has 2 heterocycles. The molecule has 3 rings (SSSR count). The minimum absolute atomic E-state index is 0.0812. The van der Waals surface area contributed by atoms with Gasteiger partial charge in [-0.05, 0) is 24.3 Å². The maximum atomic E-state index is 12.7. The monoisotopic (exact) mass is 295 g/mol. The van der Waals surface area contributed by atoms with E-state index in [0.717, 1.165) is 11.4 Å². The number of benzene rings is 1. The fraction of sp³-hybridized carbons (Fsp3) is 0.0625. The van der Waals surface area contributed by atoms with E-state index < -0.39 is 0 Å². The van der Waals surface area contributed by atoms with E-state index in [1.54, 1.807) is 34.9 Å². The Labute approximate surface area is 126 Å². The smallest absolute Gasteiger partial charge is 0.260 e. The van der Waals surface area contributed by atoms with Gasteiger partial charge in [-0.25, -0.2) is 4.98 Å². The summed E-state index contributed by atoms with van der Waals surface area (Å²) in [4.78, 5) is 22.7. The van der Waals surface area contributed by atoms with E-state index in [1.807, 2.05) is 35.7 Å². The van der Waals surface area contributed by atoms with Crippen molar-refractivity contribution in [2.45, 2.75) is 6.54 Å². The summed E-state index contributed by atoms with van der Waals surface area (Å²) in [5.74, 6) is -0.0812. The van der Waals surface area contributed by atoms with Crippen LogP contribution in [-0.4, -0.2) is 15.9 Å². The van der Waals surface area contributed by atoms with Crippen LogP contribution < -0.4 is 4.90 Å². The Morgan fingerprint density at radius 2 is 2.00 bits per heavy atom. The standard InChI is InChI=1S/C16H13N3OS/c20-16(13-5-4-8-17-9-13)19(10-14-11-21-12-18-14)15-6-2-1-3-7-15/h1-9,11-12H,10H2. The van der Waals surface area contributed by atoms with Crippen molar-refractivity contribution in [3.8, 4) is 0 Å². The van der Waals surface area contributed by atoms with Crippen LogP contribution in [0.15, 0.2) is 65.7 Å². The fourth-order valence-electron chi connectivity index (χ4n) is 2.01. The summed E-state index contributed by atoms with van der Waals surface area (Å²) in [6.07, 6.45) is 3.24. The predicted octanol–water partition coefficient (Wildman–Crippen LogP) is 3.39. The molecule has 0 atom stereocenters. The normalized spacial score (nSPS) is 10.3. The first-order valence-corrected chi connectivity index (χ1v) is 7.43. The largest absolute Gasteiger partial charge is 0.302 e. The molecule has 0 bridgehead atoms. The molecule has 0 N–H and O–H groups in total. The van der Waals surface area contributed by atoms with Gasteiger partial charge in [0.15, 0.2) is 0 Å². The summed E-state index contributed by atoms with van der Waals surface area (Å²) >= 11 is 1.52. The molecular formula is C16H13N3OS. The van der Waals surface area contributed by atoms with E-state index in [9.17, 15) is 4.79 Å². The maximum absolute atomic E-state index is 12.7. The molecule has 0 aliphatic carbocycles. The van der Waals surface area contributed by atoms with E-state index >= 15 is 0 Å². The van der Waals surface area contributed by atoms with Crippen molar-refractivity contribution in [2.75, 3.05) is 4.90 Å². The van der Waals surface area contributed by atoms with Crippen LogP contribution in [0, 0.1) is 0 Å². The van der Waals surface area contributed by atoms with Crippen molar-refractivity contribution < 1.29 is 4.79 Å². The number of para-hydroxylation sites is 1. The minimum atomic E-state index is -0.0812. The molecule has 4 nitrogen and oxygen atoms in total. The van der Waals surface area contributed by atoms with E-state index in [1.165, 1.54) is 11.3 Å². The Bertz CT molecular complexity index is 699. The molecule has 0 aliphatic heterocycles. The summed E-state index contributed by atoms with van der Waals surface area (Å²) in [5.41, 5.74) is 4.06. The molecule has 0 fully saturated rings. The number of hydrogen-bond donors (Lipinski definition) is 0. The van der Waals surface area contributed by atoms with Gasteiger partial charge in [-0.2, -0.15) is 0 Å².